The van der Waals surface area contributed by atoms with Gasteiger partial charge in [0.15, 0.2) is 17.2 Å². The standard InChI is InChI=1S/C12H18O2.C10H9N3O/c1-4-9-7-8-11(13)12(14-6-3)10(9)5-2;1-14-9-7-11-13-12-10(9)8-5-3-2-4-6-8/h7-8,13H,4-6H2,1-3H3;2-7H,1H3. The number of aromatic hydroxyl groups is 1. The van der Waals surface area contributed by atoms with E-state index >= 15 is 0 Å². The van der Waals surface area contributed by atoms with Gasteiger partial charge in [0.25, 0.3) is 0 Å². The average Bonchev–Trinajstić information content (AvgIpc) is 2.76. The van der Waals surface area contributed by atoms with Crippen molar-refractivity contribution in [2.24, 2.45) is 0 Å². The Morgan fingerprint density at radius 1 is 0.964 bits per heavy atom. The summed E-state index contributed by atoms with van der Waals surface area (Å²) in [5.74, 6) is 1.54. The zero-order chi connectivity index (χ0) is 20.4. The summed E-state index contributed by atoms with van der Waals surface area (Å²) in [6, 6.07) is 13.4. The predicted molar refractivity (Wildman–Crippen MR) is 110 cm³/mol. The quantitative estimate of drug-likeness (QED) is 0.679. The maximum absolute atomic E-state index is 9.65. The lowest BCUT2D eigenvalue weighted by atomic mass is 10.0. The van der Waals surface area contributed by atoms with E-state index in [9.17, 15) is 5.11 Å². The number of hydrogen-bond acceptors (Lipinski definition) is 6. The van der Waals surface area contributed by atoms with E-state index in [1.54, 1.807) is 19.4 Å². The summed E-state index contributed by atoms with van der Waals surface area (Å²) >= 11 is 0. The first-order valence-electron chi connectivity index (χ1n) is 9.40. The van der Waals surface area contributed by atoms with E-state index in [1.165, 1.54) is 5.56 Å². The highest BCUT2D eigenvalue weighted by atomic mass is 16.5. The first kappa shape index (κ1) is 21.2. The van der Waals surface area contributed by atoms with E-state index in [0.29, 0.717) is 23.8 Å². The van der Waals surface area contributed by atoms with Crippen LogP contribution in [0.4, 0.5) is 0 Å². The Morgan fingerprint density at radius 3 is 2.32 bits per heavy atom. The van der Waals surface area contributed by atoms with Gasteiger partial charge in [0.05, 0.1) is 19.9 Å². The lowest BCUT2D eigenvalue weighted by molar-refractivity contribution is 0.314. The predicted octanol–water partition coefficient (Wildman–Crippen LogP) is 4.46. The molecule has 0 spiro atoms. The van der Waals surface area contributed by atoms with E-state index in [2.05, 4.69) is 29.3 Å². The van der Waals surface area contributed by atoms with Crippen molar-refractivity contribution in [2.75, 3.05) is 13.7 Å². The molecule has 0 aliphatic carbocycles. The SMILES string of the molecule is CCOc1c(O)ccc(CC)c1CC.COc1cnnnc1-c1ccccc1. The molecule has 0 radical (unpaired) electrons. The zero-order valence-electron chi connectivity index (χ0n) is 16.8. The van der Waals surface area contributed by atoms with Crippen molar-refractivity contribution in [1.29, 1.82) is 0 Å². The Labute approximate surface area is 166 Å². The van der Waals surface area contributed by atoms with Crippen LogP contribution in [0.3, 0.4) is 0 Å². The summed E-state index contributed by atoms with van der Waals surface area (Å²) < 4.78 is 10.6. The maximum atomic E-state index is 9.65. The molecular weight excluding hydrogens is 354 g/mol. The Kier molecular flexibility index (Phi) is 8.21. The van der Waals surface area contributed by atoms with Crippen molar-refractivity contribution in [2.45, 2.75) is 33.6 Å². The molecule has 148 valence electrons. The molecule has 0 fully saturated rings. The number of rotatable bonds is 6. The van der Waals surface area contributed by atoms with Gasteiger partial charge in [0.1, 0.15) is 5.69 Å². The molecule has 0 bridgehead atoms. The van der Waals surface area contributed by atoms with E-state index in [-0.39, 0.29) is 5.75 Å². The average molecular weight is 381 g/mol. The summed E-state index contributed by atoms with van der Waals surface area (Å²) in [7, 11) is 1.59. The van der Waals surface area contributed by atoms with Crippen molar-refractivity contribution in [3.05, 3.63) is 59.8 Å². The Bertz CT molecular complexity index is 870. The molecule has 1 heterocycles. The Morgan fingerprint density at radius 2 is 1.71 bits per heavy atom. The molecule has 0 amide bonds. The third-order valence-corrected chi connectivity index (χ3v) is 4.23. The molecule has 28 heavy (non-hydrogen) atoms. The highest BCUT2D eigenvalue weighted by Crippen LogP contribution is 2.33. The van der Waals surface area contributed by atoms with E-state index in [4.69, 9.17) is 9.47 Å². The molecule has 3 rings (SSSR count). The van der Waals surface area contributed by atoms with Gasteiger partial charge >= 0.3 is 0 Å². The molecule has 0 saturated heterocycles. The molecule has 0 aliphatic heterocycles. The fraction of sp³-hybridized carbons (Fsp3) is 0.318. The molecule has 6 nitrogen and oxygen atoms in total. The Balaban J connectivity index is 0.000000200. The Hall–Kier alpha value is -3.15. The van der Waals surface area contributed by atoms with Crippen LogP contribution in [0, 0.1) is 0 Å². The van der Waals surface area contributed by atoms with Gasteiger partial charge in [-0.1, -0.05) is 50.2 Å². The van der Waals surface area contributed by atoms with E-state index in [0.717, 1.165) is 24.0 Å². The second-order valence-electron chi connectivity index (χ2n) is 5.91. The normalized spacial score (nSPS) is 10.0. The van der Waals surface area contributed by atoms with Crippen molar-refractivity contribution >= 4 is 0 Å². The van der Waals surface area contributed by atoms with Gasteiger partial charge in [0.2, 0.25) is 0 Å². The largest absolute Gasteiger partial charge is 0.504 e. The summed E-state index contributed by atoms with van der Waals surface area (Å²) in [5, 5.41) is 20.8. The van der Waals surface area contributed by atoms with Gasteiger partial charge in [-0.15, -0.1) is 10.2 Å². The molecule has 0 saturated carbocycles. The van der Waals surface area contributed by atoms with Crippen LogP contribution in [-0.4, -0.2) is 34.2 Å². The van der Waals surface area contributed by atoms with Crippen LogP contribution in [-0.2, 0) is 12.8 Å². The number of ether oxygens (including phenoxy) is 2. The van der Waals surface area contributed by atoms with Crippen LogP contribution in [0.1, 0.15) is 31.9 Å². The van der Waals surface area contributed by atoms with E-state index < -0.39 is 0 Å². The van der Waals surface area contributed by atoms with Gasteiger partial charge in [0, 0.05) is 11.1 Å². The third-order valence-electron chi connectivity index (χ3n) is 4.23. The first-order chi connectivity index (χ1) is 13.7. The summed E-state index contributed by atoms with van der Waals surface area (Å²) in [6.07, 6.45) is 3.42. The minimum absolute atomic E-state index is 0.251. The smallest absolute Gasteiger partial charge is 0.167 e. The molecule has 6 heteroatoms. The number of phenols is 1. The molecule has 2 aromatic carbocycles. The fourth-order valence-electron chi connectivity index (χ4n) is 2.89. The van der Waals surface area contributed by atoms with Crippen LogP contribution in [0.25, 0.3) is 11.3 Å². The van der Waals surface area contributed by atoms with Crippen LogP contribution >= 0.6 is 0 Å². The second kappa shape index (κ2) is 10.9. The molecule has 3 aromatic rings. The molecule has 0 unspecified atom stereocenters. The zero-order valence-corrected chi connectivity index (χ0v) is 16.8. The van der Waals surface area contributed by atoms with Gasteiger partial charge in [-0.05, 0) is 36.6 Å². The maximum Gasteiger partial charge on any atom is 0.167 e. The number of aryl methyl sites for hydroxylation is 1. The van der Waals surface area contributed by atoms with Gasteiger partial charge in [-0.3, -0.25) is 0 Å². The summed E-state index contributed by atoms with van der Waals surface area (Å²) in [5.41, 5.74) is 4.07. The van der Waals surface area contributed by atoms with Crippen LogP contribution in [0.5, 0.6) is 17.2 Å². The number of phenolic OH excluding ortho intramolecular Hbond substituents is 1. The first-order valence-corrected chi connectivity index (χ1v) is 9.40. The molecule has 0 atom stereocenters. The second-order valence-corrected chi connectivity index (χ2v) is 5.91. The number of methoxy groups -OCH3 is 1. The van der Waals surface area contributed by atoms with E-state index in [1.807, 2.05) is 43.3 Å². The lowest BCUT2D eigenvalue weighted by Crippen LogP contribution is -2.00. The third kappa shape index (κ3) is 5.19. The molecule has 1 N–H and O–H groups in total. The van der Waals surface area contributed by atoms with Crippen LogP contribution in [0.15, 0.2) is 48.7 Å². The number of hydrogen-bond donors (Lipinski definition) is 1. The number of benzene rings is 2. The van der Waals surface area contributed by atoms with Crippen molar-refractivity contribution in [1.82, 2.24) is 15.4 Å². The van der Waals surface area contributed by atoms with Crippen molar-refractivity contribution < 1.29 is 14.6 Å². The van der Waals surface area contributed by atoms with Crippen molar-refractivity contribution in [3.8, 4) is 28.5 Å². The monoisotopic (exact) mass is 381 g/mol. The van der Waals surface area contributed by atoms with Gasteiger partial charge in [-0.25, -0.2) is 0 Å². The lowest BCUT2D eigenvalue weighted by Gasteiger charge is -2.14. The number of aromatic nitrogens is 3. The summed E-state index contributed by atoms with van der Waals surface area (Å²) in [4.78, 5) is 0. The van der Waals surface area contributed by atoms with Gasteiger partial charge < -0.3 is 14.6 Å². The highest BCUT2D eigenvalue weighted by Gasteiger charge is 2.11. The van der Waals surface area contributed by atoms with Crippen LogP contribution < -0.4 is 9.47 Å². The number of nitrogens with zero attached hydrogens (tertiary/aromatic N) is 3. The molecule has 1 aromatic heterocycles. The minimum atomic E-state index is 0.251. The fourth-order valence-corrected chi connectivity index (χ4v) is 2.89. The summed E-state index contributed by atoms with van der Waals surface area (Å²) in [6.45, 7) is 6.71. The van der Waals surface area contributed by atoms with Crippen molar-refractivity contribution in [3.63, 3.8) is 0 Å². The van der Waals surface area contributed by atoms with Gasteiger partial charge in [-0.2, -0.15) is 0 Å². The molecule has 0 aliphatic rings. The topological polar surface area (TPSA) is 77.4 Å². The molecular formula is C22H27N3O3. The minimum Gasteiger partial charge on any atom is -0.504 e. The highest BCUT2D eigenvalue weighted by molar-refractivity contribution is 5.64. The van der Waals surface area contributed by atoms with Crippen LogP contribution in [0.2, 0.25) is 0 Å².